The second kappa shape index (κ2) is 14.9. The molecule has 14 heteroatoms. The summed E-state index contributed by atoms with van der Waals surface area (Å²) in [4.78, 5) is 40.1. The number of hydrogen-bond donors (Lipinski definition) is 2. The number of halogens is 6. The van der Waals surface area contributed by atoms with E-state index in [9.17, 15) is 40.7 Å². The number of likely N-dealkylation sites (tertiary alicyclic amines) is 1. The molecule has 0 bridgehead atoms. The van der Waals surface area contributed by atoms with Gasteiger partial charge in [-0.25, -0.2) is 0 Å². The van der Waals surface area contributed by atoms with Crippen molar-refractivity contribution < 1.29 is 50.2 Å². The van der Waals surface area contributed by atoms with E-state index in [0.717, 1.165) is 23.8 Å². The van der Waals surface area contributed by atoms with Gasteiger partial charge < -0.3 is 25.0 Å². The van der Waals surface area contributed by atoms with Crippen molar-refractivity contribution >= 4 is 17.7 Å². The van der Waals surface area contributed by atoms with Gasteiger partial charge in [-0.1, -0.05) is 42.5 Å². The Hall–Kier alpha value is -4.59. The van der Waals surface area contributed by atoms with E-state index in [0.29, 0.717) is 6.42 Å². The first-order valence-electron chi connectivity index (χ1n) is 14.6. The Bertz CT molecular complexity index is 1560. The van der Waals surface area contributed by atoms with Gasteiger partial charge >= 0.3 is 12.5 Å². The van der Waals surface area contributed by atoms with Gasteiger partial charge in [0, 0.05) is 44.3 Å². The molecule has 2 N–H and O–H groups in total. The lowest BCUT2D eigenvalue weighted by molar-refractivity contribution is -0.274. The van der Waals surface area contributed by atoms with E-state index in [1.54, 1.807) is 12.1 Å². The van der Waals surface area contributed by atoms with Gasteiger partial charge in [-0.3, -0.25) is 14.4 Å². The summed E-state index contributed by atoms with van der Waals surface area (Å²) in [5, 5.41) is 5.06. The number of carbonyl (C=O) groups excluding carboxylic acids is 3. The van der Waals surface area contributed by atoms with Gasteiger partial charge in [0.1, 0.15) is 5.75 Å². The third kappa shape index (κ3) is 9.70. The number of amides is 3. The number of nitrogens with one attached hydrogen (secondary N) is 2. The lowest BCUT2D eigenvalue weighted by atomic mass is 9.88. The maximum atomic E-state index is 13.3. The first-order chi connectivity index (χ1) is 22.2. The third-order valence-corrected chi connectivity index (χ3v) is 7.87. The summed E-state index contributed by atoms with van der Waals surface area (Å²) < 4.78 is 88.2. The number of methoxy groups -OCH3 is 1. The lowest BCUT2D eigenvalue weighted by Crippen LogP contribution is -2.46. The van der Waals surface area contributed by atoms with E-state index in [1.807, 2.05) is 0 Å². The number of benzene rings is 3. The number of rotatable bonds is 10. The van der Waals surface area contributed by atoms with Gasteiger partial charge in [-0.2, -0.15) is 13.2 Å². The van der Waals surface area contributed by atoms with Gasteiger partial charge in [-0.05, 0) is 47.9 Å². The zero-order valence-electron chi connectivity index (χ0n) is 25.5. The van der Waals surface area contributed by atoms with E-state index in [2.05, 4.69) is 15.4 Å². The highest BCUT2D eigenvalue weighted by Crippen LogP contribution is 2.33. The number of piperidine rings is 1. The molecule has 47 heavy (non-hydrogen) atoms. The molecule has 3 unspecified atom stereocenters. The maximum Gasteiger partial charge on any atom is 0.573 e. The smallest absolute Gasteiger partial charge is 0.405 e. The predicted molar refractivity (Wildman–Crippen MR) is 158 cm³/mol. The molecule has 0 radical (unpaired) electrons. The van der Waals surface area contributed by atoms with E-state index in [-0.39, 0.29) is 54.6 Å². The fourth-order valence-corrected chi connectivity index (χ4v) is 5.44. The average Bonchev–Trinajstić information content (AvgIpc) is 3.04. The minimum Gasteiger partial charge on any atom is -0.405 e. The predicted octanol–water partition coefficient (Wildman–Crippen LogP) is 5.78. The van der Waals surface area contributed by atoms with Gasteiger partial charge in [0.2, 0.25) is 11.8 Å². The quantitative estimate of drug-likeness (QED) is 0.268. The molecular formula is C33H33F6N3O5. The first kappa shape index (κ1) is 35.3. The molecule has 1 heterocycles. The monoisotopic (exact) mass is 665 g/mol. The normalized spacial score (nSPS) is 17.5. The Balaban J connectivity index is 1.48. The van der Waals surface area contributed by atoms with Crippen molar-refractivity contribution in [1.82, 2.24) is 15.5 Å². The molecule has 3 aromatic carbocycles. The lowest BCUT2D eigenvalue weighted by Gasteiger charge is -2.37. The highest BCUT2D eigenvalue weighted by Gasteiger charge is 2.35. The van der Waals surface area contributed by atoms with Crippen LogP contribution in [0.5, 0.6) is 5.75 Å². The molecule has 1 saturated heterocycles. The minimum absolute atomic E-state index is 0.0844. The second-order valence-corrected chi connectivity index (χ2v) is 11.1. The standard InChI is InChI=1S/C33H33F6N3O5/c1-40-29(43)17-27(22-7-5-8-25(14-22)32(34,35)36)41-31(45)21-12-10-20(11-13-21)24-15-26(46-2)19-42(18-24)30(44)16-23-6-3-4-9-28(23)47-33(37,38)39/h3-14,24,26-27H,15-19H2,1-2H3,(H,40,43)(H,41,45). The minimum atomic E-state index is -4.91. The van der Waals surface area contributed by atoms with Crippen molar-refractivity contribution in [1.29, 1.82) is 0 Å². The van der Waals surface area contributed by atoms with Gasteiger partial charge in [0.25, 0.3) is 5.91 Å². The van der Waals surface area contributed by atoms with E-state index in [1.165, 1.54) is 61.5 Å². The molecule has 1 aliphatic heterocycles. The fraction of sp³-hybridized carbons (Fsp3) is 0.364. The molecule has 3 aromatic rings. The zero-order chi connectivity index (χ0) is 34.4. The summed E-state index contributed by atoms with van der Waals surface area (Å²) >= 11 is 0. The Labute approximate surface area is 267 Å². The summed E-state index contributed by atoms with van der Waals surface area (Å²) in [6.45, 7) is 0.479. The summed E-state index contributed by atoms with van der Waals surface area (Å²) in [5.74, 6) is -2.20. The first-order valence-corrected chi connectivity index (χ1v) is 14.6. The number of para-hydroxylation sites is 1. The summed E-state index contributed by atoms with van der Waals surface area (Å²) in [6, 6.07) is 15.2. The van der Waals surface area contributed by atoms with Crippen LogP contribution in [0.15, 0.2) is 72.8 Å². The van der Waals surface area contributed by atoms with Crippen LogP contribution in [0.1, 0.15) is 57.4 Å². The molecular weight excluding hydrogens is 632 g/mol. The highest BCUT2D eigenvalue weighted by atomic mass is 19.4. The molecule has 1 aliphatic rings. The Kier molecular flexibility index (Phi) is 11.2. The number of alkyl halides is 6. The number of ether oxygens (including phenoxy) is 2. The Morgan fingerprint density at radius 1 is 0.936 bits per heavy atom. The number of nitrogens with zero attached hydrogens (tertiary/aromatic N) is 1. The van der Waals surface area contributed by atoms with E-state index in [4.69, 9.17) is 4.74 Å². The van der Waals surface area contributed by atoms with Crippen LogP contribution in [0.25, 0.3) is 0 Å². The topological polar surface area (TPSA) is 97.0 Å². The van der Waals surface area contributed by atoms with Crippen LogP contribution in [0.2, 0.25) is 0 Å². The molecule has 252 valence electrons. The molecule has 0 aromatic heterocycles. The van der Waals surface area contributed by atoms with Gasteiger partial charge in [-0.15, -0.1) is 13.2 Å². The van der Waals surface area contributed by atoms with Crippen molar-refractivity contribution in [3.05, 3.63) is 101 Å². The van der Waals surface area contributed by atoms with Gasteiger partial charge in [0.05, 0.1) is 30.6 Å². The molecule has 3 amide bonds. The highest BCUT2D eigenvalue weighted by molar-refractivity contribution is 5.95. The number of hydrogen-bond acceptors (Lipinski definition) is 5. The molecule has 0 saturated carbocycles. The van der Waals surface area contributed by atoms with E-state index < -0.39 is 47.6 Å². The van der Waals surface area contributed by atoms with Crippen molar-refractivity contribution in [2.75, 3.05) is 27.2 Å². The molecule has 0 spiro atoms. The molecule has 3 atom stereocenters. The van der Waals surface area contributed by atoms with Gasteiger partial charge in [0.15, 0.2) is 0 Å². The van der Waals surface area contributed by atoms with Crippen LogP contribution in [-0.4, -0.2) is 62.3 Å². The SMILES string of the molecule is CNC(=O)CC(NC(=O)c1ccc(C2CC(OC)CN(C(=O)Cc3ccccc3OC(F)(F)F)C2)cc1)c1cccc(C(F)(F)F)c1. The third-order valence-electron chi connectivity index (χ3n) is 7.87. The van der Waals surface area contributed by atoms with Crippen molar-refractivity contribution in [2.45, 2.75) is 49.9 Å². The number of carbonyl (C=O) groups is 3. The maximum absolute atomic E-state index is 13.3. The van der Waals surface area contributed by atoms with Crippen molar-refractivity contribution in [3.8, 4) is 5.75 Å². The van der Waals surface area contributed by atoms with Crippen LogP contribution in [-0.2, 0) is 26.9 Å². The molecule has 1 fully saturated rings. The fourth-order valence-electron chi connectivity index (χ4n) is 5.44. The zero-order valence-corrected chi connectivity index (χ0v) is 25.5. The summed E-state index contributed by atoms with van der Waals surface area (Å²) in [7, 11) is 2.87. The average molecular weight is 666 g/mol. The molecule has 4 rings (SSSR count). The molecule has 8 nitrogen and oxygen atoms in total. The van der Waals surface area contributed by atoms with Crippen LogP contribution < -0.4 is 15.4 Å². The second-order valence-electron chi connectivity index (χ2n) is 11.1. The van der Waals surface area contributed by atoms with Crippen molar-refractivity contribution in [2.24, 2.45) is 0 Å². The summed E-state index contributed by atoms with van der Waals surface area (Å²) in [5.41, 5.74) is 0.237. The Morgan fingerprint density at radius 2 is 1.64 bits per heavy atom. The Morgan fingerprint density at radius 3 is 2.28 bits per heavy atom. The summed E-state index contributed by atoms with van der Waals surface area (Å²) in [6.07, 6.45) is -9.97. The van der Waals surface area contributed by atoms with Crippen molar-refractivity contribution in [3.63, 3.8) is 0 Å². The molecule has 0 aliphatic carbocycles. The van der Waals surface area contributed by atoms with Crippen LogP contribution in [0.4, 0.5) is 26.3 Å². The van der Waals surface area contributed by atoms with E-state index >= 15 is 0 Å². The van der Waals surface area contributed by atoms with Crippen LogP contribution in [0.3, 0.4) is 0 Å². The van der Waals surface area contributed by atoms with Crippen LogP contribution >= 0.6 is 0 Å². The van der Waals surface area contributed by atoms with Crippen LogP contribution in [0, 0.1) is 0 Å². The largest absolute Gasteiger partial charge is 0.573 e.